The summed E-state index contributed by atoms with van der Waals surface area (Å²) in [6, 6.07) is 6.47. The predicted octanol–water partition coefficient (Wildman–Crippen LogP) is 2.60. The molecule has 29 heavy (non-hydrogen) atoms. The first-order valence-electron chi connectivity index (χ1n) is 9.12. The lowest BCUT2D eigenvalue weighted by Gasteiger charge is -2.28. The second kappa shape index (κ2) is 8.00. The number of fused-ring (bicyclic) bond motifs is 5. The fourth-order valence-electron chi connectivity index (χ4n) is 4.62. The van der Waals surface area contributed by atoms with Crippen LogP contribution in [0.4, 0.5) is 5.69 Å². The number of halogens is 3. The topological polar surface area (TPSA) is 92.8 Å². The van der Waals surface area contributed by atoms with Gasteiger partial charge in [0.25, 0.3) is 5.91 Å². The van der Waals surface area contributed by atoms with Crippen molar-refractivity contribution in [3.8, 4) is 0 Å². The number of amides is 3. The molecule has 0 spiro atoms. The average molecular weight is 549 g/mol. The van der Waals surface area contributed by atoms with Crippen LogP contribution in [0.1, 0.15) is 6.42 Å². The van der Waals surface area contributed by atoms with Gasteiger partial charge in [-0.1, -0.05) is 43.5 Å². The van der Waals surface area contributed by atoms with E-state index >= 15 is 0 Å². The third kappa shape index (κ3) is 3.72. The fraction of sp³-hybridized carbons (Fsp3) is 0.474. The van der Waals surface area contributed by atoms with Crippen molar-refractivity contribution in [1.82, 2.24) is 4.90 Å². The SMILES string of the molecule is O=C(COC(=O)CN1C(=O)[C@@H]2[C@H]3C[C@@H]([C@@H](Br)[C@H]3Br)[C@H]2C1=O)Nc1ccc(Cl)cc1. The zero-order chi connectivity index (χ0) is 20.9. The molecule has 3 aliphatic rings. The molecule has 1 saturated heterocycles. The summed E-state index contributed by atoms with van der Waals surface area (Å²) in [4.78, 5) is 50.8. The standard InChI is InChI=1S/C19H17Br2ClN2O5/c20-16-10-5-11(17(16)21)15-14(10)18(27)24(19(15)28)6-13(26)29-7-12(25)23-9-3-1-8(22)2-4-9/h1-4,10-11,14-17H,5-7H2,(H,23,25)/t10-,11-,14-,15-,16-,17+/m1/s1. The molecule has 3 amide bonds. The van der Waals surface area contributed by atoms with Gasteiger partial charge >= 0.3 is 5.97 Å². The van der Waals surface area contributed by atoms with Gasteiger partial charge in [0.05, 0.1) is 11.8 Å². The van der Waals surface area contributed by atoms with Crippen LogP contribution in [0, 0.1) is 23.7 Å². The Hall–Kier alpha value is -1.45. The van der Waals surface area contributed by atoms with Gasteiger partial charge in [0.2, 0.25) is 11.8 Å². The molecule has 7 nitrogen and oxygen atoms in total. The minimum Gasteiger partial charge on any atom is -0.454 e. The van der Waals surface area contributed by atoms with Crippen LogP contribution in [0.3, 0.4) is 0 Å². The summed E-state index contributed by atoms with van der Waals surface area (Å²) >= 11 is 13.0. The lowest BCUT2D eigenvalue weighted by Crippen LogP contribution is -2.38. The number of carbonyl (C=O) groups excluding carboxylic acids is 4. The molecule has 0 unspecified atom stereocenters. The molecule has 2 aliphatic carbocycles. The molecule has 10 heteroatoms. The molecule has 2 saturated carbocycles. The van der Waals surface area contributed by atoms with Gasteiger partial charge in [0, 0.05) is 20.4 Å². The maximum Gasteiger partial charge on any atom is 0.326 e. The Balaban J connectivity index is 1.31. The molecule has 4 rings (SSSR count). The Morgan fingerprint density at radius 3 is 2.17 bits per heavy atom. The molecular weight excluding hydrogens is 531 g/mol. The predicted molar refractivity (Wildman–Crippen MR) is 112 cm³/mol. The molecule has 2 bridgehead atoms. The van der Waals surface area contributed by atoms with E-state index in [1.165, 1.54) is 0 Å². The molecule has 154 valence electrons. The zero-order valence-corrected chi connectivity index (χ0v) is 18.9. The first-order chi connectivity index (χ1) is 13.8. The number of anilines is 1. The monoisotopic (exact) mass is 546 g/mol. The second-order valence-corrected chi connectivity index (χ2v) is 10.0. The van der Waals surface area contributed by atoms with E-state index in [2.05, 4.69) is 37.2 Å². The highest BCUT2D eigenvalue weighted by Crippen LogP contribution is 2.60. The van der Waals surface area contributed by atoms with Crippen LogP contribution in [0.15, 0.2) is 24.3 Å². The largest absolute Gasteiger partial charge is 0.454 e. The van der Waals surface area contributed by atoms with Gasteiger partial charge in [-0.2, -0.15) is 0 Å². The van der Waals surface area contributed by atoms with Gasteiger partial charge in [0.15, 0.2) is 6.61 Å². The van der Waals surface area contributed by atoms with Gasteiger partial charge in [-0.3, -0.25) is 24.1 Å². The van der Waals surface area contributed by atoms with Gasteiger partial charge < -0.3 is 10.1 Å². The van der Waals surface area contributed by atoms with E-state index in [4.69, 9.17) is 16.3 Å². The van der Waals surface area contributed by atoms with Crippen LogP contribution < -0.4 is 5.32 Å². The smallest absolute Gasteiger partial charge is 0.326 e. The highest BCUT2D eigenvalue weighted by atomic mass is 79.9. The van der Waals surface area contributed by atoms with E-state index in [0.717, 1.165) is 11.3 Å². The van der Waals surface area contributed by atoms with E-state index in [9.17, 15) is 19.2 Å². The van der Waals surface area contributed by atoms with Crippen LogP contribution in [0.2, 0.25) is 5.02 Å². The zero-order valence-electron chi connectivity index (χ0n) is 15.0. The molecule has 1 heterocycles. The number of rotatable bonds is 5. The number of likely N-dealkylation sites (tertiary alicyclic amines) is 1. The first kappa shape index (κ1) is 20.8. The Bertz CT molecular complexity index is 848. The van der Waals surface area contributed by atoms with Crippen molar-refractivity contribution >= 4 is 72.8 Å². The van der Waals surface area contributed by atoms with E-state index in [0.29, 0.717) is 10.7 Å². The minimum atomic E-state index is -0.795. The summed E-state index contributed by atoms with van der Waals surface area (Å²) < 4.78 is 4.95. The molecule has 1 aromatic rings. The molecule has 0 radical (unpaired) electrons. The van der Waals surface area contributed by atoms with Gasteiger partial charge in [-0.25, -0.2) is 0 Å². The number of benzene rings is 1. The van der Waals surface area contributed by atoms with Crippen LogP contribution in [-0.4, -0.2) is 51.4 Å². The van der Waals surface area contributed by atoms with E-state index in [1.54, 1.807) is 24.3 Å². The number of esters is 1. The number of carbonyl (C=O) groups is 4. The van der Waals surface area contributed by atoms with Crippen LogP contribution in [0.25, 0.3) is 0 Å². The van der Waals surface area contributed by atoms with E-state index in [1.807, 2.05) is 0 Å². The lowest BCUT2D eigenvalue weighted by molar-refractivity contribution is -0.154. The van der Waals surface area contributed by atoms with Crippen molar-refractivity contribution in [2.24, 2.45) is 23.7 Å². The maximum absolute atomic E-state index is 12.8. The number of alkyl halides is 2. The van der Waals surface area contributed by atoms with Crippen molar-refractivity contribution in [3.63, 3.8) is 0 Å². The highest BCUT2D eigenvalue weighted by molar-refractivity contribution is 9.12. The highest BCUT2D eigenvalue weighted by Gasteiger charge is 2.66. The Labute approximate surface area is 188 Å². The van der Waals surface area contributed by atoms with Gasteiger partial charge in [-0.15, -0.1) is 0 Å². The average Bonchev–Trinajstić information content (AvgIpc) is 3.29. The van der Waals surface area contributed by atoms with Crippen LogP contribution >= 0.6 is 43.5 Å². The summed E-state index contributed by atoms with van der Waals surface area (Å²) in [6.45, 7) is -0.985. The number of imide groups is 1. The lowest BCUT2D eigenvalue weighted by atomic mass is 9.81. The number of ether oxygens (including phenoxy) is 1. The van der Waals surface area contributed by atoms with Crippen molar-refractivity contribution in [2.45, 2.75) is 16.1 Å². The van der Waals surface area contributed by atoms with Crippen molar-refractivity contribution in [1.29, 1.82) is 0 Å². The number of nitrogens with zero attached hydrogens (tertiary/aromatic N) is 1. The van der Waals surface area contributed by atoms with Gasteiger partial charge in [-0.05, 0) is 42.5 Å². The number of nitrogens with one attached hydrogen (secondary N) is 1. The summed E-state index contributed by atoms with van der Waals surface area (Å²) in [7, 11) is 0. The van der Waals surface area contributed by atoms with Crippen molar-refractivity contribution in [2.75, 3.05) is 18.5 Å². The summed E-state index contributed by atoms with van der Waals surface area (Å²) in [5.74, 6) is -2.57. The Morgan fingerprint density at radius 1 is 1.07 bits per heavy atom. The van der Waals surface area contributed by atoms with E-state index < -0.39 is 25.0 Å². The summed E-state index contributed by atoms with van der Waals surface area (Å²) in [5.41, 5.74) is 0.511. The quantitative estimate of drug-likeness (QED) is 0.347. The number of hydrogen-bond donors (Lipinski definition) is 1. The Morgan fingerprint density at radius 2 is 1.62 bits per heavy atom. The molecule has 3 fully saturated rings. The van der Waals surface area contributed by atoms with Gasteiger partial charge in [0.1, 0.15) is 6.54 Å². The molecule has 0 aromatic heterocycles. The van der Waals surface area contributed by atoms with Crippen LogP contribution in [-0.2, 0) is 23.9 Å². The van der Waals surface area contributed by atoms with Crippen LogP contribution in [0.5, 0.6) is 0 Å². The molecule has 1 aromatic carbocycles. The first-order valence-corrected chi connectivity index (χ1v) is 11.3. The molecule has 1 aliphatic heterocycles. The fourth-order valence-corrected chi connectivity index (χ4v) is 6.62. The minimum absolute atomic E-state index is 0.0806. The van der Waals surface area contributed by atoms with Crippen molar-refractivity contribution < 1.29 is 23.9 Å². The molecule has 1 N–H and O–H groups in total. The second-order valence-electron chi connectivity index (χ2n) is 7.48. The normalized spacial score (nSPS) is 32.4. The molecular formula is C19H17Br2ClN2O5. The third-order valence-electron chi connectivity index (χ3n) is 5.86. The summed E-state index contributed by atoms with van der Waals surface area (Å²) in [5, 5.41) is 3.10. The molecule has 6 atom stereocenters. The van der Waals surface area contributed by atoms with E-state index in [-0.39, 0.29) is 45.1 Å². The maximum atomic E-state index is 12.8. The Kier molecular flexibility index (Phi) is 5.74. The summed E-state index contributed by atoms with van der Waals surface area (Å²) in [6.07, 6.45) is 0.821. The van der Waals surface area contributed by atoms with Crippen molar-refractivity contribution in [3.05, 3.63) is 29.3 Å². The number of hydrogen-bond acceptors (Lipinski definition) is 5. The third-order valence-corrected chi connectivity index (χ3v) is 9.32.